The molecule has 5 rings (SSSR count). The van der Waals surface area contributed by atoms with E-state index in [2.05, 4.69) is 9.72 Å². The van der Waals surface area contributed by atoms with Crippen LogP contribution < -0.4 is 20.2 Å². The smallest absolute Gasteiger partial charge is 0.387 e. The minimum atomic E-state index is -4.05. The highest BCUT2D eigenvalue weighted by Gasteiger charge is 2.42. The molecule has 0 spiro atoms. The Kier molecular flexibility index (Phi) is 9.86. The molecule has 0 amide bonds. The van der Waals surface area contributed by atoms with Crippen molar-refractivity contribution in [1.29, 1.82) is 0 Å². The summed E-state index contributed by atoms with van der Waals surface area (Å²) in [5, 5.41) is -0.620. The van der Waals surface area contributed by atoms with Gasteiger partial charge in [0, 0.05) is 30.0 Å². The first-order chi connectivity index (χ1) is 20.5. The highest BCUT2D eigenvalue weighted by atomic mass is 35.5. The van der Waals surface area contributed by atoms with E-state index >= 15 is 0 Å². The second kappa shape index (κ2) is 13.4. The van der Waals surface area contributed by atoms with Crippen molar-refractivity contribution in [1.82, 2.24) is 4.31 Å². The Labute approximate surface area is 261 Å². The molecule has 2 aliphatic rings. The standard InChI is InChI=1S/C28H27Cl2F2N3O6S2/c29-21-13-34-14-22(30)20(21)12-24(17-3-8-23(41-28(31)32)25(11-17)39-15-16-1-2-16)40-27(36)26-35(9-10-42-26)43(37,38)19-6-4-18(33)5-7-19/h3-8,11,13-14,16,24,26,28H,1-2,9-10,12,15,33H2/p+1/t24-,26-/m0/s1. The number of nitrogens with two attached hydrogens (primary N) is 1. The van der Waals surface area contributed by atoms with Crippen LogP contribution in [0.4, 0.5) is 14.5 Å². The van der Waals surface area contributed by atoms with Crippen LogP contribution in [0.2, 0.25) is 10.0 Å². The molecular formula is C28H28Cl2F2N3O6S2+. The number of hydrogen-bond donors (Lipinski definition) is 1. The number of anilines is 1. The molecule has 3 N–H and O–H groups in total. The van der Waals surface area contributed by atoms with Crippen molar-refractivity contribution >= 4 is 56.6 Å². The van der Waals surface area contributed by atoms with Gasteiger partial charge in [0.25, 0.3) is 0 Å². The van der Waals surface area contributed by atoms with Crippen LogP contribution >= 0.6 is 35.0 Å². The van der Waals surface area contributed by atoms with E-state index in [4.69, 9.17) is 38.4 Å². The van der Waals surface area contributed by atoms with Crippen LogP contribution in [-0.2, 0) is 26.0 Å². The Hall–Kier alpha value is -2.84. The van der Waals surface area contributed by atoms with Crippen LogP contribution in [-0.4, -0.2) is 49.6 Å². The first-order valence-corrected chi connectivity index (χ1v) is 16.5. The number of rotatable bonds is 12. The maximum Gasteiger partial charge on any atom is 0.387 e. The first-order valence-electron chi connectivity index (χ1n) is 13.3. The van der Waals surface area contributed by atoms with E-state index < -0.39 is 34.1 Å². The lowest BCUT2D eigenvalue weighted by Gasteiger charge is -2.26. The summed E-state index contributed by atoms with van der Waals surface area (Å²) < 4.78 is 70.6. The second-order valence-electron chi connectivity index (χ2n) is 10.0. The molecule has 1 saturated carbocycles. The van der Waals surface area contributed by atoms with Gasteiger partial charge in [-0.05, 0) is 60.7 Å². The number of pyridine rings is 1. The average Bonchev–Trinajstić information content (AvgIpc) is 3.65. The predicted molar refractivity (Wildman–Crippen MR) is 158 cm³/mol. The lowest BCUT2D eigenvalue weighted by atomic mass is 10.0. The molecule has 0 unspecified atom stereocenters. The molecule has 2 aromatic carbocycles. The van der Waals surface area contributed by atoms with Crippen LogP contribution in [0.5, 0.6) is 11.5 Å². The van der Waals surface area contributed by atoms with Gasteiger partial charge >= 0.3 is 12.6 Å². The molecule has 1 aliphatic carbocycles. The first kappa shape index (κ1) is 31.6. The number of esters is 1. The number of alkyl halides is 2. The third-order valence-corrected chi connectivity index (χ3v) is 10.8. The number of nitrogens with one attached hydrogen (secondary N) is 1. The number of H-pyrrole nitrogens is 1. The highest BCUT2D eigenvalue weighted by Crippen LogP contribution is 2.39. The predicted octanol–water partition coefficient (Wildman–Crippen LogP) is 5.37. The van der Waals surface area contributed by atoms with Gasteiger partial charge in [0.2, 0.25) is 10.0 Å². The van der Waals surface area contributed by atoms with Gasteiger partial charge in [-0.2, -0.15) is 13.1 Å². The zero-order valence-corrected chi connectivity index (χ0v) is 25.7. The van der Waals surface area contributed by atoms with E-state index in [0.29, 0.717) is 35.1 Å². The Morgan fingerprint density at radius 2 is 1.79 bits per heavy atom. The summed E-state index contributed by atoms with van der Waals surface area (Å²) in [5.74, 6) is -0.226. The maximum absolute atomic E-state index is 13.7. The third kappa shape index (κ3) is 7.63. The van der Waals surface area contributed by atoms with Gasteiger partial charge in [0.15, 0.2) is 29.3 Å². The molecule has 2 heterocycles. The molecule has 3 aromatic rings. The largest absolute Gasteiger partial charge is 0.489 e. The molecule has 1 aliphatic heterocycles. The lowest BCUT2D eigenvalue weighted by molar-refractivity contribution is -0.377. The number of ether oxygens (including phenoxy) is 3. The molecule has 2 atom stereocenters. The quantitative estimate of drug-likeness (QED) is 0.201. The van der Waals surface area contributed by atoms with Crippen molar-refractivity contribution in [2.24, 2.45) is 5.92 Å². The second-order valence-corrected chi connectivity index (χ2v) is 13.9. The van der Waals surface area contributed by atoms with Crippen LogP contribution in [0, 0.1) is 5.92 Å². The summed E-state index contributed by atoms with van der Waals surface area (Å²) >= 11 is 13.9. The number of carbonyl (C=O) groups is 1. The zero-order chi connectivity index (χ0) is 30.7. The number of benzene rings is 2. The van der Waals surface area contributed by atoms with Crippen LogP contribution in [0.15, 0.2) is 59.8 Å². The summed E-state index contributed by atoms with van der Waals surface area (Å²) in [6, 6.07) is 9.95. The number of aromatic nitrogens is 1. The van der Waals surface area contributed by atoms with Gasteiger partial charge < -0.3 is 19.9 Å². The van der Waals surface area contributed by atoms with E-state index in [1.807, 2.05) is 0 Å². The van der Waals surface area contributed by atoms with Gasteiger partial charge in [-0.1, -0.05) is 29.3 Å². The summed E-state index contributed by atoms with van der Waals surface area (Å²) in [7, 11) is -4.05. The number of carbonyl (C=O) groups excluding carboxylic acids is 1. The molecule has 9 nitrogen and oxygen atoms in total. The number of halogens is 4. The summed E-state index contributed by atoms with van der Waals surface area (Å²) in [6.45, 7) is -2.67. The number of sulfonamides is 1. The van der Waals surface area contributed by atoms with Crippen molar-refractivity contribution in [2.45, 2.75) is 42.2 Å². The lowest BCUT2D eigenvalue weighted by Crippen LogP contribution is -2.40. The zero-order valence-electron chi connectivity index (χ0n) is 22.6. The monoisotopic (exact) mass is 674 g/mol. The maximum atomic E-state index is 13.7. The van der Waals surface area contributed by atoms with Gasteiger partial charge in [-0.25, -0.2) is 18.2 Å². The average molecular weight is 676 g/mol. The van der Waals surface area contributed by atoms with Crippen molar-refractivity contribution in [3.05, 3.63) is 76.0 Å². The fourth-order valence-corrected chi connectivity index (χ4v) is 8.05. The Morgan fingerprint density at radius 3 is 2.44 bits per heavy atom. The Balaban J connectivity index is 1.46. The molecule has 0 radical (unpaired) electrons. The molecule has 43 heavy (non-hydrogen) atoms. The fourth-order valence-electron chi connectivity index (χ4n) is 4.47. The van der Waals surface area contributed by atoms with Gasteiger partial charge in [-0.15, -0.1) is 11.8 Å². The molecule has 15 heteroatoms. The molecular weight excluding hydrogens is 647 g/mol. The highest BCUT2D eigenvalue weighted by molar-refractivity contribution is 8.02. The molecule has 230 valence electrons. The SMILES string of the molecule is Nc1ccc(S(=O)(=O)N2CCS[C@H]2C(=O)O[C@@H](Cc2c(Cl)c[nH+]cc2Cl)c2ccc(OC(F)F)c(OCC3CC3)c2)cc1. The summed E-state index contributed by atoms with van der Waals surface area (Å²) in [5.41, 5.74) is 6.95. The number of nitrogens with zero attached hydrogens (tertiary/aromatic N) is 1. The van der Waals surface area contributed by atoms with Crippen molar-refractivity contribution in [3.63, 3.8) is 0 Å². The normalized spacial score (nSPS) is 18.0. The van der Waals surface area contributed by atoms with E-state index in [1.54, 1.807) is 0 Å². The molecule has 2 fully saturated rings. The number of hydrogen-bond acceptors (Lipinski definition) is 8. The minimum absolute atomic E-state index is 0.00268. The third-order valence-electron chi connectivity index (χ3n) is 6.91. The topological polar surface area (TPSA) is 122 Å². The molecule has 1 saturated heterocycles. The molecule has 0 bridgehead atoms. The summed E-state index contributed by atoms with van der Waals surface area (Å²) in [6.07, 6.45) is 3.93. The molecule has 1 aromatic heterocycles. The van der Waals surface area contributed by atoms with E-state index in [1.165, 1.54) is 54.9 Å². The Morgan fingerprint density at radius 1 is 1.09 bits per heavy atom. The van der Waals surface area contributed by atoms with E-state index in [9.17, 15) is 22.0 Å². The number of aromatic amines is 1. The fraction of sp³-hybridized carbons (Fsp3) is 0.357. The van der Waals surface area contributed by atoms with Crippen molar-refractivity contribution in [2.75, 3.05) is 24.6 Å². The minimum Gasteiger partial charge on any atom is -0.489 e. The number of thioether (sulfide) groups is 1. The van der Waals surface area contributed by atoms with Crippen LogP contribution in [0.3, 0.4) is 0 Å². The van der Waals surface area contributed by atoms with Gasteiger partial charge in [-0.3, -0.25) is 0 Å². The Bertz CT molecular complexity index is 1560. The van der Waals surface area contributed by atoms with Gasteiger partial charge in [0.05, 0.1) is 11.5 Å². The van der Waals surface area contributed by atoms with Crippen LogP contribution in [0.1, 0.15) is 30.1 Å². The number of nitrogen functional groups attached to an aromatic ring is 1. The van der Waals surface area contributed by atoms with E-state index in [-0.39, 0.29) is 39.4 Å². The summed E-state index contributed by atoms with van der Waals surface area (Å²) in [4.78, 5) is 16.5. The van der Waals surface area contributed by atoms with E-state index in [0.717, 1.165) is 28.9 Å². The van der Waals surface area contributed by atoms with Crippen molar-refractivity contribution < 1.29 is 41.2 Å². The van der Waals surface area contributed by atoms with Crippen molar-refractivity contribution in [3.8, 4) is 11.5 Å². The van der Waals surface area contributed by atoms with Crippen LogP contribution in [0.25, 0.3) is 0 Å². The van der Waals surface area contributed by atoms with Gasteiger partial charge in [0.1, 0.15) is 16.1 Å².